The summed E-state index contributed by atoms with van der Waals surface area (Å²) in [6.07, 6.45) is 5.45. The minimum absolute atomic E-state index is 0.0880. The molecule has 0 spiro atoms. The predicted octanol–water partition coefficient (Wildman–Crippen LogP) is 0.558. The Morgan fingerprint density at radius 3 is 3.06 bits per heavy atom. The Morgan fingerprint density at radius 1 is 1.44 bits per heavy atom. The largest absolute Gasteiger partial charge is 0.364 e. The van der Waals surface area contributed by atoms with Crippen molar-refractivity contribution < 1.29 is 14.1 Å². The predicted molar refractivity (Wildman–Crippen MR) is 61.7 cm³/mol. The van der Waals surface area contributed by atoms with Crippen LogP contribution < -0.4 is 5.32 Å². The van der Waals surface area contributed by atoms with Gasteiger partial charge in [0.1, 0.15) is 12.8 Å². The van der Waals surface area contributed by atoms with Gasteiger partial charge in [0.15, 0.2) is 5.69 Å². The lowest BCUT2D eigenvalue weighted by Crippen LogP contribution is -2.62. The molecule has 1 aliphatic heterocycles. The number of hydrogen-bond donors (Lipinski definition) is 1. The van der Waals surface area contributed by atoms with Gasteiger partial charge >= 0.3 is 0 Å². The smallest absolute Gasteiger partial charge is 0.276 e. The van der Waals surface area contributed by atoms with Crippen LogP contribution in [0.4, 0.5) is 0 Å². The topological polar surface area (TPSA) is 75.4 Å². The van der Waals surface area contributed by atoms with Crippen LogP contribution in [0.25, 0.3) is 0 Å². The van der Waals surface area contributed by atoms with Gasteiger partial charge in [-0.3, -0.25) is 9.59 Å². The van der Waals surface area contributed by atoms with Crippen molar-refractivity contribution in [2.45, 2.75) is 37.8 Å². The molecule has 6 heteroatoms. The van der Waals surface area contributed by atoms with Crippen LogP contribution in [0.1, 0.15) is 36.2 Å². The van der Waals surface area contributed by atoms with Gasteiger partial charge in [-0.1, -0.05) is 18.0 Å². The molecular formula is C12H15N3O3. The van der Waals surface area contributed by atoms with Crippen molar-refractivity contribution in [3.05, 3.63) is 18.0 Å². The Morgan fingerprint density at radius 2 is 2.28 bits per heavy atom. The van der Waals surface area contributed by atoms with Gasteiger partial charge in [-0.15, -0.1) is 0 Å². The van der Waals surface area contributed by atoms with Crippen LogP contribution in [0.3, 0.4) is 0 Å². The molecule has 2 atom stereocenters. The third-order valence-electron chi connectivity index (χ3n) is 3.71. The molecule has 2 aliphatic rings. The summed E-state index contributed by atoms with van der Waals surface area (Å²) >= 11 is 0. The number of nitrogens with one attached hydrogen (secondary N) is 1. The summed E-state index contributed by atoms with van der Waals surface area (Å²) in [6, 6.07) is 1.73. The van der Waals surface area contributed by atoms with Gasteiger partial charge in [-0.25, -0.2) is 0 Å². The minimum Gasteiger partial charge on any atom is -0.364 e. The molecule has 1 saturated heterocycles. The van der Waals surface area contributed by atoms with Crippen LogP contribution in [-0.4, -0.2) is 40.5 Å². The molecule has 1 N–H and O–H groups in total. The molecule has 0 radical (unpaired) electrons. The van der Waals surface area contributed by atoms with Gasteiger partial charge < -0.3 is 14.7 Å². The van der Waals surface area contributed by atoms with Gasteiger partial charge in [-0.2, -0.15) is 0 Å². The molecule has 3 rings (SSSR count). The van der Waals surface area contributed by atoms with Crippen molar-refractivity contribution in [3.8, 4) is 0 Å². The molecule has 1 aliphatic carbocycles. The van der Waals surface area contributed by atoms with E-state index >= 15 is 0 Å². The zero-order chi connectivity index (χ0) is 12.5. The van der Waals surface area contributed by atoms with Crippen molar-refractivity contribution >= 4 is 11.8 Å². The molecule has 0 bridgehead atoms. The number of amides is 2. The van der Waals surface area contributed by atoms with Crippen LogP contribution in [0, 0.1) is 0 Å². The van der Waals surface area contributed by atoms with E-state index in [0.717, 1.165) is 25.7 Å². The van der Waals surface area contributed by atoms with Crippen LogP contribution in [0.5, 0.6) is 0 Å². The van der Waals surface area contributed by atoms with Crippen molar-refractivity contribution in [1.29, 1.82) is 0 Å². The van der Waals surface area contributed by atoms with E-state index in [0.29, 0.717) is 0 Å². The Hall–Kier alpha value is -1.85. The number of hydrogen-bond acceptors (Lipinski definition) is 4. The fraction of sp³-hybridized carbons (Fsp3) is 0.583. The highest BCUT2D eigenvalue weighted by Crippen LogP contribution is 2.26. The van der Waals surface area contributed by atoms with Gasteiger partial charge in [0.25, 0.3) is 5.91 Å². The SMILES string of the molecule is O=C1CN(C(=O)c2ccon2)[C@H]2CCCC[C@@H]2N1. The molecule has 0 unspecified atom stereocenters. The lowest BCUT2D eigenvalue weighted by molar-refractivity contribution is -0.127. The van der Waals surface area contributed by atoms with E-state index in [1.807, 2.05) is 0 Å². The van der Waals surface area contributed by atoms with Crippen LogP contribution >= 0.6 is 0 Å². The van der Waals surface area contributed by atoms with Gasteiger partial charge in [-0.05, 0) is 12.8 Å². The molecule has 6 nitrogen and oxygen atoms in total. The van der Waals surface area contributed by atoms with E-state index in [9.17, 15) is 9.59 Å². The molecule has 96 valence electrons. The Balaban J connectivity index is 1.84. The normalized spacial score (nSPS) is 27.6. The second-order valence-corrected chi connectivity index (χ2v) is 4.84. The second kappa shape index (κ2) is 4.44. The van der Waals surface area contributed by atoms with E-state index < -0.39 is 0 Å². The number of fused-ring (bicyclic) bond motifs is 1. The third kappa shape index (κ3) is 1.87. The number of aromatic nitrogens is 1. The Kier molecular flexibility index (Phi) is 2.77. The van der Waals surface area contributed by atoms with Crippen molar-refractivity contribution in [2.24, 2.45) is 0 Å². The average molecular weight is 249 g/mol. The molecule has 18 heavy (non-hydrogen) atoms. The summed E-state index contributed by atoms with van der Waals surface area (Å²) in [5, 5.41) is 6.63. The first kappa shape index (κ1) is 11.3. The molecule has 1 saturated carbocycles. The molecule has 2 amide bonds. The van der Waals surface area contributed by atoms with Crippen LogP contribution in [-0.2, 0) is 4.79 Å². The Bertz CT molecular complexity index is 457. The average Bonchev–Trinajstić information content (AvgIpc) is 2.90. The zero-order valence-corrected chi connectivity index (χ0v) is 9.96. The highest BCUT2D eigenvalue weighted by Gasteiger charge is 2.39. The summed E-state index contributed by atoms with van der Waals surface area (Å²) in [5.74, 6) is -0.300. The maximum atomic E-state index is 12.3. The minimum atomic E-state index is -0.212. The number of nitrogens with zero attached hydrogens (tertiary/aromatic N) is 2. The first-order valence-electron chi connectivity index (χ1n) is 6.26. The fourth-order valence-electron chi connectivity index (χ4n) is 2.87. The van der Waals surface area contributed by atoms with Crippen molar-refractivity contribution in [1.82, 2.24) is 15.4 Å². The van der Waals surface area contributed by atoms with Crippen molar-refractivity contribution in [2.75, 3.05) is 6.54 Å². The van der Waals surface area contributed by atoms with Crippen LogP contribution in [0.15, 0.2) is 16.9 Å². The van der Waals surface area contributed by atoms with Gasteiger partial charge in [0.05, 0.1) is 6.04 Å². The fourth-order valence-corrected chi connectivity index (χ4v) is 2.87. The molecule has 1 aromatic heterocycles. The van der Waals surface area contributed by atoms with E-state index in [-0.39, 0.29) is 36.1 Å². The first-order chi connectivity index (χ1) is 8.75. The number of carbonyl (C=O) groups excluding carboxylic acids is 2. The van der Waals surface area contributed by atoms with E-state index in [1.165, 1.54) is 12.3 Å². The molecular weight excluding hydrogens is 234 g/mol. The maximum Gasteiger partial charge on any atom is 0.276 e. The summed E-state index contributed by atoms with van der Waals surface area (Å²) in [5.41, 5.74) is 0.272. The standard InChI is InChI=1S/C12H15N3O3/c16-11-7-15(12(17)9-5-6-18-14-9)10-4-2-1-3-8(10)13-11/h5-6,8,10H,1-4,7H2,(H,13,16)/t8-,10-/m0/s1. The lowest BCUT2D eigenvalue weighted by Gasteiger charge is -2.43. The van der Waals surface area contributed by atoms with E-state index in [4.69, 9.17) is 4.52 Å². The van der Waals surface area contributed by atoms with Crippen molar-refractivity contribution in [3.63, 3.8) is 0 Å². The number of carbonyl (C=O) groups is 2. The zero-order valence-electron chi connectivity index (χ0n) is 9.96. The highest BCUT2D eigenvalue weighted by molar-refractivity contribution is 5.95. The van der Waals surface area contributed by atoms with Gasteiger partial charge in [0.2, 0.25) is 5.91 Å². The number of piperazine rings is 1. The third-order valence-corrected chi connectivity index (χ3v) is 3.71. The quantitative estimate of drug-likeness (QED) is 0.789. The first-order valence-corrected chi connectivity index (χ1v) is 6.26. The second-order valence-electron chi connectivity index (χ2n) is 4.84. The van der Waals surface area contributed by atoms with Crippen LogP contribution in [0.2, 0.25) is 0 Å². The molecule has 2 fully saturated rings. The lowest BCUT2D eigenvalue weighted by atomic mass is 9.87. The maximum absolute atomic E-state index is 12.3. The summed E-state index contributed by atoms with van der Waals surface area (Å²) in [4.78, 5) is 25.6. The van der Waals surface area contributed by atoms with Gasteiger partial charge in [0, 0.05) is 12.1 Å². The van der Waals surface area contributed by atoms with E-state index in [2.05, 4.69) is 10.5 Å². The molecule has 1 aromatic rings. The molecule has 2 heterocycles. The summed E-state index contributed by atoms with van der Waals surface area (Å²) in [7, 11) is 0. The summed E-state index contributed by atoms with van der Waals surface area (Å²) < 4.78 is 4.69. The summed E-state index contributed by atoms with van der Waals surface area (Å²) in [6.45, 7) is 0.118. The Labute approximate surface area is 104 Å². The molecule has 0 aromatic carbocycles. The van der Waals surface area contributed by atoms with E-state index in [1.54, 1.807) is 4.90 Å². The monoisotopic (exact) mass is 249 g/mol. The highest BCUT2D eigenvalue weighted by atomic mass is 16.5. The number of rotatable bonds is 1.